The summed E-state index contributed by atoms with van der Waals surface area (Å²) in [4.78, 5) is 32.4. The van der Waals surface area contributed by atoms with Gasteiger partial charge in [-0.15, -0.1) is 11.3 Å². The Labute approximate surface area is 199 Å². The van der Waals surface area contributed by atoms with Crippen molar-refractivity contribution in [3.8, 4) is 11.1 Å². The first kappa shape index (κ1) is 23.4. The van der Waals surface area contributed by atoms with Crippen LogP contribution in [0.5, 0.6) is 0 Å². The van der Waals surface area contributed by atoms with Gasteiger partial charge in [0, 0.05) is 35.8 Å². The molecule has 1 aromatic carbocycles. The third kappa shape index (κ3) is 4.67. The molecule has 1 N–H and O–H groups in total. The number of thiophene rings is 1. The number of aliphatic carboxylic acids is 1. The van der Waals surface area contributed by atoms with Crippen LogP contribution < -0.4 is 0 Å². The van der Waals surface area contributed by atoms with Crippen molar-refractivity contribution < 1.29 is 14.7 Å². The number of nitrogens with zero attached hydrogens (tertiary/aromatic N) is 2. The van der Waals surface area contributed by atoms with Crippen LogP contribution in [0.4, 0.5) is 0 Å². The van der Waals surface area contributed by atoms with E-state index in [0.29, 0.717) is 13.0 Å². The summed E-state index contributed by atoms with van der Waals surface area (Å²) >= 11 is 1.71. The van der Waals surface area contributed by atoms with E-state index in [4.69, 9.17) is 10.1 Å². The molecule has 6 heteroatoms. The monoisotopic (exact) mass is 464 g/mol. The summed E-state index contributed by atoms with van der Waals surface area (Å²) in [5, 5.41) is 10.4. The Bertz CT molecular complexity index is 1200. The Hall–Kier alpha value is -2.73. The quantitative estimate of drug-likeness (QED) is 0.450. The van der Waals surface area contributed by atoms with E-state index in [0.717, 1.165) is 36.3 Å². The van der Waals surface area contributed by atoms with E-state index >= 15 is 0 Å². The minimum atomic E-state index is -0.740. The minimum Gasteiger partial charge on any atom is -0.481 e. The van der Waals surface area contributed by atoms with E-state index in [9.17, 15) is 9.59 Å². The van der Waals surface area contributed by atoms with Crippen molar-refractivity contribution in [1.29, 1.82) is 0 Å². The van der Waals surface area contributed by atoms with Crippen LogP contribution in [0.1, 0.15) is 72.7 Å². The van der Waals surface area contributed by atoms with E-state index in [1.54, 1.807) is 18.3 Å². The van der Waals surface area contributed by atoms with E-state index in [1.807, 2.05) is 4.90 Å². The lowest BCUT2D eigenvalue weighted by Gasteiger charge is -2.27. The van der Waals surface area contributed by atoms with Crippen LogP contribution in [-0.4, -0.2) is 33.4 Å². The van der Waals surface area contributed by atoms with Crippen LogP contribution in [0.3, 0.4) is 0 Å². The number of amides is 1. The highest BCUT2D eigenvalue weighted by Crippen LogP contribution is 2.45. The molecule has 1 atom stereocenters. The number of aryl methyl sites for hydroxylation is 2. The van der Waals surface area contributed by atoms with Gasteiger partial charge in [0.15, 0.2) is 0 Å². The molecular weight excluding hydrogens is 432 g/mol. The first-order valence-corrected chi connectivity index (χ1v) is 12.6. The Morgan fingerprint density at radius 2 is 1.94 bits per heavy atom. The number of benzene rings is 1. The first-order valence-electron chi connectivity index (χ1n) is 11.8. The SMILES string of the molecule is CCC(CCCC(=O)O)c1c(C)nc2sc3c(c2c1-c1ccc(C)cc1)CCN(C(C)=O)C3. The fourth-order valence-electron chi connectivity index (χ4n) is 5.09. The van der Waals surface area contributed by atoms with Gasteiger partial charge in [0.05, 0.1) is 6.54 Å². The molecule has 0 bridgehead atoms. The van der Waals surface area contributed by atoms with Crippen molar-refractivity contribution in [1.82, 2.24) is 9.88 Å². The molecule has 1 amide bonds. The predicted octanol–water partition coefficient (Wildman–Crippen LogP) is 6.23. The van der Waals surface area contributed by atoms with Crippen LogP contribution in [0.2, 0.25) is 0 Å². The summed E-state index contributed by atoms with van der Waals surface area (Å²) in [6.07, 6.45) is 3.47. The third-order valence-electron chi connectivity index (χ3n) is 6.85. The zero-order chi connectivity index (χ0) is 23.7. The molecule has 174 valence electrons. The summed E-state index contributed by atoms with van der Waals surface area (Å²) < 4.78 is 0. The molecule has 5 nitrogen and oxygen atoms in total. The summed E-state index contributed by atoms with van der Waals surface area (Å²) in [6, 6.07) is 8.71. The van der Waals surface area contributed by atoms with Crippen molar-refractivity contribution >= 4 is 33.4 Å². The molecule has 3 aromatic rings. The van der Waals surface area contributed by atoms with Gasteiger partial charge in [-0.3, -0.25) is 9.59 Å². The highest BCUT2D eigenvalue weighted by atomic mass is 32.1. The van der Waals surface area contributed by atoms with Gasteiger partial charge in [-0.05, 0) is 67.7 Å². The molecule has 1 aliphatic rings. The summed E-state index contributed by atoms with van der Waals surface area (Å²) in [6.45, 7) is 9.40. The van der Waals surface area contributed by atoms with Gasteiger partial charge in [0.2, 0.25) is 5.91 Å². The largest absolute Gasteiger partial charge is 0.481 e. The Morgan fingerprint density at radius 1 is 1.21 bits per heavy atom. The van der Waals surface area contributed by atoms with Crippen molar-refractivity contribution in [3.63, 3.8) is 0 Å². The maximum Gasteiger partial charge on any atom is 0.303 e. The van der Waals surface area contributed by atoms with Crippen LogP contribution in [0.25, 0.3) is 21.3 Å². The highest BCUT2D eigenvalue weighted by molar-refractivity contribution is 7.19. The molecule has 0 radical (unpaired) electrons. The van der Waals surface area contributed by atoms with Crippen LogP contribution >= 0.6 is 11.3 Å². The van der Waals surface area contributed by atoms with E-state index < -0.39 is 5.97 Å². The maximum absolute atomic E-state index is 12.0. The van der Waals surface area contributed by atoms with Crippen LogP contribution in [0, 0.1) is 13.8 Å². The molecular formula is C27H32N2O3S. The molecule has 2 aromatic heterocycles. The second kappa shape index (κ2) is 9.64. The molecule has 4 rings (SSSR count). The number of carbonyl (C=O) groups is 2. The van der Waals surface area contributed by atoms with Gasteiger partial charge in [-0.2, -0.15) is 0 Å². The topological polar surface area (TPSA) is 70.5 Å². The van der Waals surface area contributed by atoms with Crippen molar-refractivity contribution in [3.05, 3.63) is 51.5 Å². The van der Waals surface area contributed by atoms with Crippen molar-refractivity contribution in [2.24, 2.45) is 0 Å². The molecule has 0 saturated carbocycles. The van der Waals surface area contributed by atoms with Crippen molar-refractivity contribution in [2.45, 2.75) is 72.3 Å². The fraction of sp³-hybridized carbons (Fsp3) is 0.444. The number of hydrogen-bond donors (Lipinski definition) is 1. The lowest BCUT2D eigenvalue weighted by Crippen LogP contribution is -2.33. The molecule has 1 unspecified atom stereocenters. The van der Waals surface area contributed by atoms with Gasteiger partial charge in [-0.25, -0.2) is 4.98 Å². The van der Waals surface area contributed by atoms with E-state index in [2.05, 4.69) is 45.0 Å². The Kier molecular flexibility index (Phi) is 6.84. The number of carboxylic acids is 1. The zero-order valence-electron chi connectivity index (χ0n) is 19.9. The zero-order valence-corrected chi connectivity index (χ0v) is 20.7. The minimum absolute atomic E-state index is 0.117. The van der Waals surface area contributed by atoms with Crippen molar-refractivity contribution in [2.75, 3.05) is 6.54 Å². The van der Waals surface area contributed by atoms with Crippen LogP contribution in [-0.2, 0) is 22.6 Å². The third-order valence-corrected chi connectivity index (χ3v) is 7.96. The van der Waals surface area contributed by atoms with Crippen LogP contribution in [0.15, 0.2) is 24.3 Å². The number of carboxylic acid groups (broad SMARTS) is 1. The van der Waals surface area contributed by atoms with Gasteiger partial charge in [0.25, 0.3) is 0 Å². The molecule has 0 fully saturated rings. The molecule has 0 aliphatic carbocycles. The lowest BCUT2D eigenvalue weighted by atomic mass is 9.82. The molecule has 1 aliphatic heterocycles. The number of hydrogen-bond acceptors (Lipinski definition) is 4. The van der Waals surface area contributed by atoms with Gasteiger partial charge in [0.1, 0.15) is 4.83 Å². The maximum atomic E-state index is 12.0. The highest BCUT2D eigenvalue weighted by Gasteiger charge is 2.28. The normalized spacial score (nSPS) is 14.4. The number of rotatable bonds is 7. The second-order valence-electron chi connectivity index (χ2n) is 9.12. The second-order valence-corrected chi connectivity index (χ2v) is 10.2. The molecule has 33 heavy (non-hydrogen) atoms. The summed E-state index contributed by atoms with van der Waals surface area (Å²) in [7, 11) is 0. The molecule has 0 saturated heterocycles. The standard InChI is InChI=1S/C27H32N2O3S/c1-5-19(7-6-8-23(31)32)24-17(3)28-27-26(25(24)20-11-9-16(2)10-12-20)21-13-14-29(18(4)30)15-22(21)33-27/h9-12,19H,5-8,13-15H2,1-4H3,(H,31,32). The number of fused-ring (bicyclic) bond motifs is 3. The smallest absolute Gasteiger partial charge is 0.303 e. The molecule has 0 spiro atoms. The van der Waals surface area contributed by atoms with Gasteiger partial charge >= 0.3 is 5.97 Å². The fourth-order valence-corrected chi connectivity index (χ4v) is 6.39. The number of carbonyl (C=O) groups excluding carboxylic acids is 1. The Morgan fingerprint density at radius 3 is 2.58 bits per heavy atom. The average Bonchev–Trinajstić information content (AvgIpc) is 3.13. The van der Waals surface area contributed by atoms with E-state index in [1.165, 1.54) is 38.1 Å². The average molecular weight is 465 g/mol. The van der Waals surface area contributed by atoms with Gasteiger partial charge in [-0.1, -0.05) is 36.8 Å². The Balaban J connectivity index is 1.92. The first-order chi connectivity index (χ1) is 15.8. The summed E-state index contributed by atoms with van der Waals surface area (Å²) in [5.74, 6) is -0.368. The van der Waals surface area contributed by atoms with E-state index in [-0.39, 0.29) is 18.2 Å². The predicted molar refractivity (Wildman–Crippen MR) is 134 cm³/mol. The number of aromatic nitrogens is 1. The molecule has 3 heterocycles. The summed E-state index contributed by atoms with van der Waals surface area (Å²) in [5.41, 5.74) is 7.29. The van der Waals surface area contributed by atoms with Gasteiger partial charge < -0.3 is 10.0 Å². The number of pyridine rings is 1. The lowest BCUT2D eigenvalue weighted by molar-refractivity contribution is -0.137.